The smallest absolute Gasteiger partial charge is 0.162 e. The molecular formula is C14H20FNO2. The third-order valence-electron chi connectivity index (χ3n) is 2.69. The Morgan fingerprint density at radius 1 is 1.39 bits per heavy atom. The second kappa shape index (κ2) is 7.24. The van der Waals surface area contributed by atoms with Gasteiger partial charge in [-0.2, -0.15) is 0 Å². The van der Waals surface area contributed by atoms with Crippen LogP contribution < -0.4 is 0 Å². The monoisotopic (exact) mass is 253 g/mol. The van der Waals surface area contributed by atoms with Gasteiger partial charge in [0.2, 0.25) is 0 Å². The van der Waals surface area contributed by atoms with E-state index in [1.54, 1.807) is 6.92 Å². The second-order valence-electron chi connectivity index (χ2n) is 4.64. The van der Waals surface area contributed by atoms with Crippen LogP contribution in [0.1, 0.15) is 30.1 Å². The van der Waals surface area contributed by atoms with Crippen molar-refractivity contribution in [3.63, 3.8) is 0 Å². The number of rotatable bonds is 7. The molecule has 100 valence electrons. The lowest BCUT2D eigenvalue weighted by atomic mass is 10.1. The van der Waals surface area contributed by atoms with Crippen molar-refractivity contribution in [3.05, 3.63) is 35.6 Å². The molecule has 18 heavy (non-hydrogen) atoms. The quantitative estimate of drug-likeness (QED) is 0.757. The van der Waals surface area contributed by atoms with Crippen LogP contribution in [0.4, 0.5) is 4.39 Å². The number of nitrogens with zero attached hydrogens (tertiary/aromatic N) is 1. The SMILES string of the molecule is CC(O)CN(C)CCCC(=O)c1ccc(F)cc1. The molecule has 0 saturated heterocycles. The molecule has 1 aromatic rings. The zero-order chi connectivity index (χ0) is 13.5. The molecule has 0 spiro atoms. The molecule has 0 saturated carbocycles. The topological polar surface area (TPSA) is 40.5 Å². The van der Waals surface area contributed by atoms with E-state index in [0.717, 1.165) is 13.0 Å². The van der Waals surface area contributed by atoms with E-state index in [-0.39, 0.29) is 17.7 Å². The number of likely N-dealkylation sites (N-methyl/N-ethyl adjacent to an activating group) is 1. The van der Waals surface area contributed by atoms with Crippen molar-refractivity contribution in [1.29, 1.82) is 0 Å². The summed E-state index contributed by atoms with van der Waals surface area (Å²) in [6.45, 7) is 3.10. The van der Waals surface area contributed by atoms with Gasteiger partial charge in [0.15, 0.2) is 5.78 Å². The van der Waals surface area contributed by atoms with E-state index < -0.39 is 0 Å². The molecule has 1 N–H and O–H groups in total. The number of benzene rings is 1. The van der Waals surface area contributed by atoms with Gasteiger partial charge in [-0.15, -0.1) is 0 Å². The largest absolute Gasteiger partial charge is 0.392 e. The van der Waals surface area contributed by atoms with Crippen LogP contribution in [-0.4, -0.2) is 42.0 Å². The van der Waals surface area contributed by atoms with Crippen LogP contribution in [0.5, 0.6) is 0 Å². The lowest BCUT2D eigenvalue weighted by molar-refractivity contribution is 0.0971. The number of carbonyl (C=O) groups is 1. The van der Waals surface area contributed by atoms with E-state index in [1.807, 2.05) is 11.9 Å². The maximum absolute atomic E-state index is 12.7. The maximum atomic E-state index is 12.7. The van der Waals surface area contributed by atoms with Crippen molar-refractivity contribution >= 4 is 5.78 Å². The Bertz CT molecular complexity index is 376. The van der Waals surface area contributed by atoms with Crippen molar-refractivity contribution in [2.24, 2.45) is 0 Å². The van der Waals surface area contributed by atoms with Gasteiger partial charge in [0, 0.05) is 18.5 Å². The fourth-order valence-electron chi connectivity index (χ4n) is 1.83. The van der Waals surface area contributed by atoms with E-state index in [4.69, 9.17) is 0 Å². The van der Waals surface area contributed by atoms with Gasteiger partial charge in [-0.1, -0.05) is 0 Å². The molecule has 1 atom stereocenters. The Balaban J connectivity index is 2.31. The molecule has 0 amide bonds. The molecule has 0 aliphatic carbocycles. The predicted molar refractivity (Wildman–Crippen MR) is 69.1 cm³/mol. The van der Waals surface area contributed by atoms with Gasteiger partial charge in [0.25, 0.3) is 0 Å². The van der Waals surface area contributed by atoms with Crippen LogP contribution >= 0.6 is 0 Å². The fourth-order valence-corrected chi connectivity index (χ4v) is 1.83. The van der Waals surface area contributed by atoms with Gasteiger partial charge < -0.3 is 10.0 Å². The average molecular weight is 253 g/mol. The number of hydrogen-bond donors (Lipinski definition) is 1. The minimum atomic E-state index is -0.359. The Labute approximate surface area is 107 Å². The molecule has 0 radical (unpaired) electrons. The van der Waals surface area contributed by atoms with Gasteiger partial charge in [0.1, 0.15) is 5.82 Å². The average Bonchev–Trinajstić information content (AvgIpc) is 2.28. The van der Waals surface area contributed by atoms with Crippen LogP contribution in [0.3, 0.4) is 0 Å². The van der Waals surface area contributed by atoms with Gasteiger partial charge in [0.05, 0.1) is 6.10 Å². The summed E-state index contributed by atoms with van der Waals surface area (Å²) in [6.07, 6.45) is 0.817. The maximum Gasteiger partial charge on any atom is 0.162 e. The first-order valence-corrected chi connectivity index (χ1v) is 6.14. The highest BCUT2D eigenvalue weighted by Crippen LogP contribution is 2.07. The number of hydrogen-bond acceptors (Lipinski definition) is 3. The molecule has 3 nitrogen and oxygen atoms in total. The molecular weight excluding hydrogens is 233 g/mol. The van der Waals surface area contributed by atoms with E-state index in [0.29, 0.717) is 18.5 Å². The normalized spacial score (nSPS) is 12.7. The minimum absolute atomic E-state index is 0.0282. The number of aliphatic hydroxyl groups excluding tert-OH is 1. The molecule has 0 bridgehead atoms. The lowest BCUT2D eigenvalue weighted by Gasteiger charge is -2.17. The van der Waals surface area contributed by atoms with Crippen molar-refractivity contribution in [2.45, 2.75) is 25.9 Å². The number of Topliss-reactive ketones (excluding diaryl/α,β-unsaturated/α-hetero) is 1. The fraction of sp³-hybridized carbons (Fsp3) is 0.500. The lowest BCUT2D eigenvalue weighted by Crippen LogP contribution is -2.28. The summed E-state index contributed by atoms with van der Waals surface area (Å²) in [7, 11) is 1.91. The molecule has 0 aliphatic rings. The number of carbonyl (C=O) groups excluding carboxylic acids is 1. The van der Waals surface area contributed by atoms with Crippen LogP contribution in [-0.2, 0) is 0 Å². The van der Waals surface area contributed by atoms with Gasteiger partial charge >= 0.3 is 0 Å². The Hall–Kier alpha value is -1.26. The number of halogens is 1. The van der Waals surface area contributed by atoms with Crippen molar-refractivity contribution in [1.82, 2.24) is 4.90 Å². The van der Waals surface area contributed by atoms with Crippen molar-refractivity contribution < 1.29 is 14.3 Å². The Kier molecular flexibility index (Phi) is 5.95. The summed E-state index contributed by atoms with van der Waals surface area (Å²) in [5.74, 6) is -0.302. The zero-order valence-electron chi connectivity index (χ0n) is 10.9. The van der Waals surface area contributed by atoms with E-state index in [1.165, 1.54) is 24.3 Å². The number of aliphatic hydroxyl groups is 1. The first kappa shape index (κ1) is 14.8. The molecule has 1 aromatic carbocycles. The van der Waals surface area contributed by atoms with Crippen molar-refractivity contribution in [3.8, 4) is 0 Å². The molecule has 1 rings (SSSR count). The van der Waals surface area contributed by atoms with Crippen molar-refractivity contribution in [2.75, 3.05) is 20.1 Å². The molecule has 0 aliphatic heterocycles. The molecule has 0 fully saturated rings. The first-order chi connectivity index (χ1) is 8.49. The summed E-state index contributed by atoms with van der Waals surface area (Å²) < 4.78 is 12.7. The molecule has 0 aromatic heterocycles. The predicted octanol–water partition coefficient (Wildman–Crippen LogP) is 2.10. The van der Waals surface area contributed by atoms with Gasteiger partial charge in [-0.05, 0) is 51.2 Å². The summed E-state index contributed by atoms with van der Waals surface area (Å²) in [6, 6.07) is 5.62. The Morgan fingerprint density at radius 3 is 2.56 bits per heavy atom. The van der Waals surface area contributed by atoms with Gasteiger partial charge in [-0.3, -0.25) is 4.79 Å². The minimum Gasteiger partial charge on any atom is -0.392 e. The second-order valence-corrected chi connectivity index (χ2v) is 4.64. The molecule has 1 unspecified atom stereocenters. The molecule has 0 heterocycles. The van der Waals surface area contributed by atoms with Gasteiger partial charge in [-0.25, -0.2) is 4.39 Å². The summed E-state index contributed by atoms with van der Waals surface area (Å²) >= 11 is 0. The third kappa shape index (κ3) is 5.38. The van der Waals surface area contributed by atoms with Crippen LogP contribution in [0.15, 0.2) is 24.3 Å². The molecule has 4 heteroatoms. The highest BCUT2D eigenvalue weighted by molar-refractivity contribution is 5.95. The van der Waals surface area contributed by atoms with Crippen LogP contribution in [0, 0.1) is 5.82 Å². The van der Waals surface area contributed by atoms with E-state index in [9.17, 15) is 14.3 Å². The van der Waals surface area contributed by atoms with E-state index in [2.05, 4.69) is 0 Å². The van der Waals surface area contributed by atoms with Crippen LogP contribution in [0.2, 0.25) is 0 Å². The van der Waals surface area contributed by atoms with E-state index >= 15 is 0 Å². The standard InChI is InChI=1S/C14H20FNO2/c1-11(17)10-16(2)9-3-4-14(18)12-5-7-13(15)8-6-12/h5-8,11,17H,3-4,9-10H2,1-2H3. The highest BCUT2D eigenvalue weighted by Gasteiger charge is 2.07. The third-order valence-corrected chi connectivity index (χ3v) is 2.69. The first-order valence-electron chi connectivity index (χ1n) is 6.14. The summed E-state index contributed by atoms with van der Waals surface area (Å²) in [5.41, 5.74) is 0.551. The zero-order valence-corrected chi connectivity index (χ0v) is 10.9. The summed E-state index contributed by atoms with van der Waals surface area (Å²) in [5, 5.41) is 9.19. The summed E-state index contributed by atoms with van der Waals surface area (Å²) in [4.78, 5) is 13.8. The van der Waals surface area contributed by atoms with Crippen LogP contribution in [0.25, 0.3) is 0 Å². The highest BCUT2D eigenvalue weighted by atomic mass is 19.1. The Morgan fingerprint density at radius 2 is 2.00 bits per heavy atom. The number of ketones is 1.